The van der Waals surface area contributed by atoms with Crippen molar-refractivity contribution in [3.05, 3.63) is 59.7 Å². The summed E-state index contributed by atoms with van der Waals surface area (Å²) in [5.74, 6) is 0.871. The predicted octanol–water partition coefficient (Wildman–Crippen LogP) is 2.37. The highest BCUT2D eigenvalue weighted by molar-refractivity contribution is 5.99. The van der Waals surface area contributed by atoms with E-state index in [0.29, 0.717) is 35.8 Å². The fraction of sp³-hybridized carbons (Fsp3) is 0.188. The summed E-state index contributed by atoms with van der Waals surface area (Å²) in [6.45, 7) is 0.983. The third-order valence-corrected chi connectivity index (χ3v) is 3.19. The van der Waals surface area contributed by atoms with Crippen LogP contribution in [-0.4, -0.2) is 24.1 Å². The Morgan fingerprint density at radius 3 is 2.45 bits per heavy atom. The van der Waals surface area contributed by atoms with Gasteiger partial charge < -0.3 is 14.6 Å². The summed E-state index contributed by atoms with van der Waals surface area (Å²) in [5.41, 5.74) is 0.984. The van der Waals surface area contributed by atoms with Gasteiger partial charge in [0.15, 0.2) is 17.3 Å². The Kier molecular flexibility index (Phi) is 3.39. The van der Waals surface area contributed by atoms with Crippen LogP contribution < -0.4 is 9.47 Å². The quantitative estimate of drug-likeness (QED) is 0.870. The van der Waals surface area contributed by atoms with Gasteiger partial charge in [-0.15, -0.1) is 0 Å². The number of fused-ring (bicyclic) bond motifs is 1. The fourth-order valence-electron chi connectivity index (χ4n) is 2.14. The molecule has 3 rings (SSSR count). The molecule has 0 amide bonds. The zero-order valence-electron chi connectivity index (χ0n) is 10.8. The van der Waals surface area contributed by atoms with Crippen LogP contribution in [0.2, 0.25) is 0 Å². The first-order valence-corrected chi connectivity index (χ1v) is 6.42. The SMILES string of the molecule is O=C(c1ccccc1)C(O)c1ccc2c(c1)OCCO2. The van der Waals surface area contributed by atoms with Crippen molar-refractivity contribution in [2.24, 2.45) is 0 Å². The molecule has 0 spiro atoms. The Hall–Kier alpha value is -2.33. The zero-order chi connectivity index (χ0) is 13.9. The molecule has 4 heteroatoms. The van der Waals surface area contributed by atoms with Crippen molar-refractivity contribution in [3.63, 3.8) is 0 Å². The zero-order valence-corrected chi connectivity index (χ0v) is 10.8. The number of hydrogen-bond donors (Lipinski definition) is 1. The summed E-state index contributed by atoms with van der Waals surface area (Å²) in [5, 5.41) is 10.2. The van der Waals surface area contributed by atoms with E-state index in [2.05, 4.69) is 0 Å². The van der Waals surface area contributed by atoms with Crippen molar-refractivity contribution >= 4 is 5.78 Å². The van der Waals surface area contributed by atoms with Gasteiger partial charge in [-0.3, -0.25) is 4.79 Å². The van der Waals surface area contributed by atoms with Crippen LogP contribution in [0.5, 0.6) is 11.5 Å². The molecule has 1 N–H and O–H groups in total. The van der Waals surface area contributed by atoms with Crippen LogP contribution in [-0.2, 0) is 0 Å². The molecule has 0 aromatic heterocycles. The van der Waals surface area contributed by atoms with Gasteiger partial charge in [-0.2, -0.15) is 0 Å². The maximum absolute atomic E-state index is 12.2. The maximum atomic E-state index is 12.2. The van der Waals surface area contributed by atoms with E-state index in [0.717, 1.165) is 0 Å². The van der Waals surface area contributed by atoms with Gasteiger partial charge in [-0.25, -0.2) is 0 Å². The normalized spacial score (nSPS) is 14.7. The molecule has 0 fully saturated rings. The van der Waals surface area contributed by atoms with Crippen molar-refractivity contribution in [1.82, 2.24) is 0 Å². The molecule has 0 radical (unpaired) electrons. The second-order valence-electron chi connectivity index (χ2n) is 4.54. The van der Waals surface area contributed by atoms with Crippen LogP contribution in [0.25, 0.3) is 0 Å². The van der Waals surface area contributed by atoms with E-state index in [-0.39, 0.29) is 5.78 Å². The van der Waals surface area contributed by atoms with Crippen molar-refractivity contribution in [2.45, 2.75) is 6.10 Å². The highest BCUT2D eigenvalue weighted by Gasteiger charge is 2.21. The van der Waals surface area contributed by atoms with Crippen LogP contribution in [0.4, 0.5) is 0 Å². The summed E-state index contributed by atoms with van der Waals surface area (Å²) in [7, 11) is 0. The second kappa shape index (κ2) is 5.35. The van der Waals surface area contributed by atoms with Gasteiger partial charge in [0, 0.05) is 5.56 Å². The molecule has 0 saturated heterocycles. The third kappa shape index (κ3) is 2.38. The van der Waals surface area contributed by atoms with E-state index in [1.165, 1.54) is 0 Å². The van der Waals surface area contributed by atoms with Gasteiger partial charge in [0.1, 0.15) is 19.3 Å². The molecule has 1 atom stereocenters. The predicted molar refractivity (Wildman–Crippen MR) is 73.2 cm³/mol. The van der Waals surface area contributed by atoms with E-state index in [9.17, 15) is 9.90 Å². The lowest BCUT2D eigenvalue weighted by molar-refractivity contribution is 0.0746. The smallest absolute Gasteiger partial charge is 0.195 e. The molecule has 2 aromatic rings. The minimum atomic E-state index is -1.20. The fourth-order valence-corrected chi connectivity index (χ4v) is 2.14. The van der Waals surface area contributed by atoms with Gasteiger partial charge in [-0.05, 0) is 17.7 Å². The molecule has 1 unspecified atom stereocenters. The second-order valence-corrected chi connectivity index (χ2v) is 4.54. The molecule has 0 saturated carbocycles. The lowest BCUT2D eigenvalue weighted by Crippen LogP contribution is -2.17. The third-order valence-electron chi connectivity index (χ3n) is 3.19. The Morgan fingerprint density at radius 1 is 1.00 bits per heavy atom. The summed E-state index contributed by atoms with van der Waals surface area (Å²) < 4.78 is 10.9. The monoisotopic (exact) mass is 270 g/mol. The summed E-state index contributed by atoms with van der Waals surface area (Å²) >= 11 is 0. The number of rotatable bonds is 3. The highest BCUT2D eigenvalue weighted by atomic mass is 16.6. The van der Waals surface area contributed by atoms with Crippen molar-refractivity contribution < 1.29 is 19.4 Å². The highest BCUT2D eigenvalue weighted by Crippen LogP contribution is 2.33. The van der Waals surface area contributed by atoms with Gasteiger partial charge in [0.25, 0.3) is 0 Å². The number of ether oxygens (including phenoxy) is 2. The Balaban J connectivity index is 1.87. The van der Waals surface area contributed by atoms with E-state index in [4.69, 9.17) is 9.47 Å². The van der Waals surface area contributed by atoms with Crippen LogP contribution in [0.1, 0.15) is 22.0 Å². The largest absolute Gasteiger partial charge is 0.486 e. The molecule has 2 aromatic carbocycles. The summed E-state index contributed by atoms with van der Waals surface area (Å²) in [6, 6.07) is 13.8. The molecule has 1 heterocycles. The number of aliphatic hydroxyl groups excluding tert-OH is 1. The average molecular weight is 270 g/mol. The molecular weight excluding hydrogens is 256 g/mol. The Labute approximate surface area is 116 Å². The van der Waals surface area contributed by atoms with Crippen molar-refractivity contribution in [2.75, 3.05) is 13.2 Å². The van der Waals surface area contributed by atoms with Crippen molar-refractivity contribution in [1.29, 1.82) is 0 Å². The topological polar surface area (TPSA) is 55.8 Å². The lowest BCUT2D eigenvalue weighted by atomic mass is 9.99. The molecule has 1 aliphatic rings. The molecular formula is C16H14O4. The lowest BCUT2D eigenvalue weighted by Gasteiger charge is -2.20. The number of benzene rings is 2. The Morgan fingerprint density at radius 2 is 1.70 bits per heavy atom. The number of Topliss-reactive ketones (excluding diaryl/α,β-unsaturated/α-hetero) is 1. The van der Waals surface area contributed by atoms with Gasteiger partial charge in [-0.1, -0.05) is 36.4 Å². The van der Waals surface area contributed by atoms with E-state index in [1.54, 1.807) is 42.5 Å². The van der Waals surface area contributed by atoms with E-state index >= 15 is 0 Å². The van der Waals surface area contributed by atoms with Crippen LogP contribution in [0.15, 0.2) is 48.5 Å². The first-order valence-electron chi connectivity index (χ1n) is 6.42. The molecule has 20 heavy (non-hydrogen) atoms. The van der Waals surface area contributed by atoms with Crippen LogP contribution in [0, 0.1) is 0 Å². The number of carbonyl (C=O) groups is 1. The van der Waals surface area contributed by atoms with Crippen LogP contribution in [0.3, 0.4) is 0 Å². The maximum Gasteiger partial charge on any atom is 0.195 e. The molecule has 102 valence electrons. The minimum absolute atomic E-state index is 0.331. The number of ketones is 1. The van der Waals surface area contributed by atoms with Crippen molar-refractivity contribution in [3.8, 4) is 11.5 Å². The molecule has 0 aliphatic carbocycles. The molecule has 4 nitrogen and oxygen atoms in total. The Bertz CT molecular complexity index is 622. The minimum Gasteiger partial charge on any atom is -0.486 e. The number of aliphatic hydroxyl groups is 1. The summed E-state index contributed by atoms with van der Waals surface area (Å²) in [4.78, 5) is 12.2. The molecule has 1 aliphatic heterocycles. The first kappa shape index (κ1) is 12.7. The number of carbonyl (C=O) groups excluding carboxylic acids is 1. The van der Waals surface area contributed by atoms with Crippen LogP contribution >= 0.6 is 0 Å². The average Bonchev–Trinajstić information content (AvgIpc) is 2.54. The van der Waals surface area contributed by atoms with E-state index < -0.39 is 6.10 Å². The van der Waals surface area contributed by atoms with Gasteiger partial charge >= 0.3 is 0 Å². The standard InChI is InChI=1S/C16H14O4/c17-15(11-4-2-1-3-5-11)16(18)12-6-7-13-14(10-12)20-9-8-19-13/h1-7,10,16,18H,8-9H2. The van der Waals surface area contributed by atoms with E-state index in [1.807, 2.05) is 6.07 Å². The summed E-state index contributed by atoms with van der Waals surface area (Å²) in [6.07, 6.45) is -1.20. The van der Waals surface area contributed by atoms with Gasteiger partial charge in [0.05, 0.1) is 0 Å². The first-order chi connectivity index (χ1) is 9.75. The molecule has 0 bridgehead atoms. The van der Waals surface area contributed by atoms with Gasteiger partial charge in [0.2, 0.25) is 0 Å². The number of hydrogen-bond acceptors (Lipinski definition) is 4.